The fourth-order valence-corrected chi connectivity index (χ4v) is 1.97. The number of hydrogen-bond donors (Lipinski definition) is 3. The van der Waals surface area contributed by atoms with Crippen LogP contribution in [-0.4, -0.2) is 17.1 Å². The third-order valence-electron chi connectivity index (χ3n) is 3.01. The lowest BCUT2D eigenvalue weighted by Gasteiger charge is -2.14. The molecule has 22 heavy (non-hydrogen) atoms. The molecule has 0 spiro atoms. The summed E-state index contributed by atoms with van der Waals surface area (Å²) in [6, 6.07) is 4.30. The molecule has 5 N–H and O–H groups in total. The van der Waals surface area contributed by atoms with Gasteiger partial charge in [0, 0.05) is 23.7 Å². The number of nitrogens with one attached hydrogen (secondary N) is 1. The monoisotopic (exact) mass is 308 g/mol. The van der Waals surface area contributed by atoms with Crippen LogP contribution in [0.15, 0.2) is 30.5 Å². The Kier molecular flexibility index (Phi) is 3.85. The van der Waals surface area contributed by atoms with Gasteiger partial charge >= 0.3 is 6.18 Å². The van der Waals surface area contributed by atoms with Crippen molar-refractivity contribution in [1.29, 1.82) is 5.41 Å². The predicted molar refractivity (Wildman–Crippen MR) is 75.5 cm³/mol. The number of halogens is 3. The van der Waals surface area contributed by atoms with Crippen LogP contribution in [0.4, 0.5) is 18.9 Å². The largest absolute Gasteiger partial charge is 0.416 e. The summed E-state index contributed by atoms with van der Waals surface area (Å²) >= 11 is 0. The average Bonchev–Trinajstić information content (AvgIpc) is 2.45. The molecule has 1 amide bonds. The number of nitrogen functional groups attached to an aromatic ring is 1. The van der Waals surface area contributed by atoms with Gasteiger partial charge in [0.05, 0.1) is 5.56 Å². The molecule has 0 bridgehead atoms. The fourth-order valence-electron chi connectivity index (χ4n) is 1.97. The Bertz CT molecular complexity index is 756. The van der Waals surface area contributed by atoms with Gasteiger partial charge in [-0.25, -0.2) is 0 Å². The molecular weight excluding hydrogens is 297 g/mol. The smallest absolute Gasteiger partial charge is 0.398 e. The third-order valence-corrected chi connectivity index (χ3v) is 3.01. The molecule has 8 heteroatoms. The Labute approximate surface area is 123 Å². The molecule has 0 fully saturated rings. The molecule has 1 aromatic heterocycles. The SMILES string of the molecule is N=Cc1c(N)cc(C(F)(F)F)cc1-c1ccnc(C(N)=O)c1. The van der Waals surface area contributed by atoms with Gasteiger partial charge in [-0.1, -0.05) is 0 Å². The van der Waals surface area contributed by atoms with Gasteiger partial charge in [-0.2, -0.15) is 13.2 Å². The highest BCUT2D eigenvalue weighted by molar-refractivity contribution is 5.97. The zero-order chi connectivity index (χ0) is 16.5. The molecule has 0 saturated carbocycles. The zero-order valence-corrected chi connectivity index (χ0v) is 11.1. The van der Waals surface area contributed by atoms with E-state index in [1.165, 1.54) is 18.3 Å². The van der Waals surface area contributed by atoms with Crippen molar-refractivity contribution in [3.05, 3.63) is 47.3 Å². The molecule has 1 heterocycles. The second-order valence-corrected chi connectivity index (χ2v) is 4.46. The Morgan fingerprint density at radius 1 is 1.27 bits per heavy atom. The van der Waals surface area contributed by atoms with E-state index in [0.29, 0.717) is 0 Å². The molecule has 2 aromatic rings. The summed E-state index contributed by atoms with van der Waals surface area (Å²) in [5.41, 5.74) is 9.96. The number of hydrogen-bond acceptors (Lipinski definition) is 4. The van der Waals surface area contributed by atoms with Crippen molar-refractivity contribution >= 4 is 17.8 Å². The minimum absolute atomic E-state index is 0.0761. The number of rotatable bonds is 3. The molecule has 0 atom stereocenters. The Morgan fingerprint density at radius 2 is 1.95 bits per heavy atom. The van der Waals surface area contributed by atoms with Gasteiger partial charge in [0.15, 0.2) is 0 Å². The molecule has 1 aromatic carbocycles. The normalized spacial score (nSPS) is 11.2. The van der Waals surface area contributed by atoms with Gasteiger partial charge in [0.2, 0.25) is 0 Å². The maximum Gasteiger partial charge on any atom is 0.416 e. The molecule has 0 aliphatic rings. The van der Waals surface area contributed by atoms with Crippen molar-refractivity contribution in [1.82, 2.24) is 4.98 Å². The van der Waals surface area contributed by atoms with E-state index in [9.17, 15) is 18.0 Å². The van der Waals surface area contributed by atoms with Gasteiger partial charge in [-0.3, -0.25) is 9.78 Å². The van der Waals surface area contributed by atoms with Crippen LogP contribution in [0.3, 0.4) is 0 Å². The fraction of sp³-hybridized carbons (Fsp3) is 0.0714. The highest BCUT2D eigenvalue weighted by atomic mass is 19.4. The first-order valence-electron chi connectivity index (χ1n) is 6.01. The van der Waals surface area contributed by atoms with E-state index in [1.54, 1.807) is 0 Å². The highest BCUT2D eigenvalue weighted by Gasteiger charge is 2.32. The summed E-state index contributed by atoms with van der Waals surface area (Å²) in [5, 5.41) is 7.35. The number of anilines is 1. The summed E-state index contributed by atoms with van der Waals surface area (Å²) in [7, 11) is 0. The van der Waals surface area contributed by atoms with Crippen LogP contribution >= 0.6 is 0 Å². The second kappa shape index (κ2) is 5.47. The summed E-state index contributed by atoms with van der Waals surface area (Å²) in [6.45, 7) is 0. The van der Waals surface area contributed by atoms with Crippen LogP contribution in [0.1, 0.15) is 21.6 Å². The molecule has 0 aliphatic heterocycles. The van der Waals surface area contributed by atoms with E-state index in [1.807, 2.05) is 0 Å². The molecule has 0 aliphatic carbocycles. The number of carbonyl (C=O) groups excluding carboxylic acids is 1. The van der Waals surface area contributed by atoms with E-state index in [0.717, 1.165) is 18.3 Å². The molecule has 114 valence electrons. The number of amides is 1. The lowest BCUT2D eigenvalue weighted by Crippen LogP contribution is -2.13. The summed E-state index contributed by atoms with van der Waals surface area (Å²) in [5.74, 6) is -0.807. The number of primary amides is 1. The van der Waals surface area contributed by atoms with Crippen LogP contribution < -0.4 is 11.5 Å². The lowest BCUT2D eigenvalue weighted by atomic mass is 9.96. The average molecular weight is 308 g/mol. The van der Waals surface area contributed by atoms with Crippen LogP contribution in [0, 0.1) is 5.41 Å². The molecular formula is C14H11F3N4O. The lowest BCUT2D eigenvalue weighted by molar-refractivity contribution is -0.137. The van der Waals surface area contributed by atoms with Crippen LogP contribution in [0.2, 0.25) is 0 Å². The van der Waals surface area contributed by atoms with E-state index in [-0.39, 0.29) is 28.1 Å². The van der Waals surface area contributed by atoms with Gasteiger partial charge in [0.1, 0.15) is 5.69 Å². The van der Waals surface area contributed by atoms with Crippen LogP contribution in [0.5, 0.6) is 0 Å². The van der Waals surface area contributed by atoms with Crippen molar-refractivity contribution in [2.45, 2.75) is 6.18 Å². The quantitative estimate of drug-likeness (QED) is 0.599. The van der Waals surface area contributed by atoms with E-state index >= 15 is 0 Å². The predicted octanol–water partition coefficient (Wildman–Crippen LogP) is 2.45. The van der Waals surface area contributed by atoms with Crippen molar-refractivity contribution < 1.29 is 18.0 Å². The maximum atomic E-state index is 12.9. The molecule has 0 radical (unpaired) electrons. The first-order chi connectivity index (χ1) is 10.2. The zero-order valence-electron chi connectivity index (χ0n) is 11.1. The number of benzene rings is 1. The summed E-state index contributed by atoms with van der Waals surface area (Å²) in [4.78, 5) is 14.9. The number of nitrogens with zero attached hydrogens (tertiary/aromatic N) is 1. The van der Waals surface area contributed by atoms with Crippen molar-refractivity contribution in [2.24, 2.45) is 5.73 Å². The number of carbonyl (C=O) groups is 1. The van der Waals surface area contributed by atoms with Gasteiger partial charge in [0.25, 0.3) is 5.91 Å². The standard InChI is InChI=1S/C14H11F3N4O/c15-14(16,17)8-4-9(10(6-18)11(19)5-8)7-1-2-21-12(3-7)13(20)22/h1-6,18H,19H2,(H2,20,22). The van der Waals surface area contributed by atoms with E-state index in [4.69, 9.17) is 16.9 Å². The second-order valence-electron chi connectivity index (χ2n) is 4.46. The third kappa shape index (κ3) is 2.90. The Hall–Kier alpha value is -2.90. The van der Waals surface area contributed by atoms with Crippen LogP contribution in [0.25, 0.3) is 11.1 Å². The first kappa shape index (κ1) is 15.5. The van der Waals surface area contributed by atoms with Crippen molar-refractivity contribution in [3.63, 3.8) is 0 Å². The topological polar surface area (TPSA) is 106 Å². The summed E-state index contributed by atoms with van der Waals surface area (Å²) < 4.78 is 38.7. The molecule has 2 rings (SSSR count). The van der Waals surface area contributed by atoms with E-state index < -0.39 is 17.6 Å². The summed E-state index contributed by atoms with van der Waals surface area (Å²) in [6.07, 6.45) is -2.47. The Morgan fingerprint density at radius 3 is 2.50 bits per heavy atom. The molecule has 0 unspecified atom stereocenters. The van der Waals surface area contributed by atoms with Gasteiger partial charge in [-0.05, 0) is 35.4 Å². The number of alkyl halides is 3. The van der Waals surface area contributed by atoms with Gasteiger partial charge < -0.3 is 16.9 Å². The number of pyridine rings is 1. The minimum Gasteiger partial charge on any atom is -0.398 e. The van der Waals surface area contributed by atoms with Crippen molar-refractivity contribution in [2.75, 3.05) is 5.73 Å². The molecule has 0 saturated heterocycles. The van der Waals surface area contributed by atoms with Gasteiger partial charge in [-0.15, -0.1) is 0 Å². The Balaban J connectivity index is 2.72. The van der Waals surface area contributed by atoms with Crippen LogP contribution in [-0.2, 0) is 6.18 Å². The number of nitrogens with two attached hydrogens (primary N) is 2. The highest BCUT2D eigenvalue weighted by Crippen LogP contribution is 2.36. The van der Waals surface area contributed by atoms with Crippen molar-refractivity contribution in [3.8, 4) is 11.1 Å². The first-order valence-corrected chi connectivity index (χ1v) is 6.01. The minimum atomic E-state index is -4.58. The molecule has 5 nitrogen and oxygen atoms in total. The maximum absolute atomic E-state index is 12.9. The number of aromatic nitrogens is 1. The van der Waals surface area contributed by atoms with E-state index in [2.05, 4.69) is 4.98 Å².